The zero-order valence-corrected chi connectivity index (χ0v) is 13.7. The molecule has 2 aromatic carbocycles. The molecule has 1 heterocycles. The van der Waals surface area contributed by atoms with Crippen LogP contribution in [0, 0.1) is 13.8 Å². The smallest absolute Gasteiger partial charge is 0.0530 e. The predicted molar refractivity (Wildman–Crippen MR) is 94.6 cm³/mol. The van der Waals surface area contributed by atoms with E-state index in [2.05, 4.69) is 61.7 Å². The van der Waals surface area contributed by atoms with Gasteiger partial charge in [0.2, 0.25) is 0 Å². The quantitative estimate of drug-likeness (QED) is 0.460. The van der Waals surface area contributed by atoms with Crippen molar-refractivity contribution in [1.82, 2.24) is 4.57 Å². The highest BCUT2D eigenvalue weighted by Gasteiger charge is 2.27. The number of nitrogens with zero attached hydrogens (tertiary/aromatic N) is 1. The maximum Gasteiger partial charge on any atom is 0.0530 e. The van der Waals surface area contributed by atoms with Crippen molar-refractivity contribution in [2.75, 3.05) is 0 Å². The summed E-state index contributed by atoms with van der Waals surface area (Å²) in [6, 6.07) is 13.7. The molecule has 0 bridgehead atoms. The molecule has 1 heteroatoms. The van der Waals surface area contributed by atoms with Crippen molar-refractivity contribution in [2.45, 2.75) is 46.6 Å². The van der Waals surface area contributed by atoms with Gasteiger partial charge in [0, 0.05) is 29.4 Å². The zero-order valence-electron chi connectivity index (χ0n) is 13.7. The van der Waals surface area contributed by atoms with Gasteiger partial charge in [0.15, 0.2) is 0 Å². The van der Waals surface area contributed by atoms with Crippen LogP contribution in [-0.4, -0.2) is 4.57 Å². The highest BCUT2D eigenvalue weighted by Crippen LogP contribution is 2.44. The fourth-order valence-electron chi connectivity index (χ4n) is 3.91. The Bertz CT molecular complexity index is 867. The molecule has 22 heavy (non-hydrogen) atoms. The molecule has 0 atom stereocenters. The first kappa shape index (κ1) is 13.6. The van der Waals surface area contributed by atoms with Crippen LogP contribution in [0.15, 0.2) is 36.4 Å². The lowest BCUT2D eigenvalue weighted by atomic mass is 10.0. The minimum Gasteiger partial charge on any atom is -0.340 e. The molecule has 0 fully saturated rings. The molecule has 0 N–H and O–H groups in total. The van der Waals surface area contributed by atoms with E-state index in [1.54, 1.807) is 5.56 Å². The largest absolute Gasteiger partial charge is 0.340 e. The molecule has 1 nitrogen and oxygen atoms in total. The Morgan fingerprint density at radius 1 is 1.05 bits per heavy atom. The molecule has 0 aliphatic heterocycles. The Morgan fingerprint density at radius 3 is 2.73 bits per heavy atom. The summed E-state index contributed by atoms with van der Waals surface area (Å²) in [4.78, 5) is 0. The third-order valence-corrected chi connectivity index (χ3v) is 5.08. The Labute approximate surface area is 132 Å². The van der Waals surface area contributed by atoms with Gasteiger partial charge in [-0.05, 0) is 49.1 Å². The van der Waals surface area contributed by atoms with E-state index in [4.69, 9.17) is 0 Å². The molecule has 1 aliphatic rings. The van der Waals surface area contributed by atoms with Gasteiger partial charge in [-0.25, -0.2) is 0 Å². The molecule has 0 radical (unpaired) electrons. The summed E-state index contributed by atoms with van der Waals surface area (Å²) >= 11 is 0. The van der Waals surface area contributed by atoms with E-state index in [9.17, 15) is 0 Å². The van der Waals surface area contributed by atoms with Crippen LogP contribution in [0.25, 0.3) is 22.2 Å². The van der Waals surface area contributed by atoms with Gasteiger partial charge >= 0.3 is 0 Å². The van der Waals surface area contributed by atoms with Gasteiger partial charge in [0.05, 0.1) is 5.69 Å². The topological polar surface area (TPSA) is 4.93 Å². The van der Waals surface area contributed by atoms with Gasteiger partial charge in [-0.3, -0.25) is 0 Å². The summed E-state index contributed by atoms with van der Waals surface area (Å²) in [5.74, 6) is 0. The van der Waals surface area contributed by atoms with Gasteiger partial charge in [0.25, 0.3) is 0 Å². The molecule has 1 aromatic heterocycles. The van der Waals surface area contributed by atoms with Crippen molar-refractivity contribution in [1.29, 1.82) is 0 Å². The average molecular weight is 289 g/mol. The van der Waals surface area contributed by atoms with Crippen molar-refractivity contribution in [3.8, 4) is 11.3 Å². The third-order valence-electron chi connectivity index (χ3n) is 5.08. The van der Waals surface area contributed by atoms with Crippen LogP contribution in [0.4, 0.5) is 0 Å². The number of benzene rings is 2. The minimum absolute atomic E-state index is 1.09. The molecule has 0 saturated heterocycles. The second-order valence-corrected chi connectivity index (χ2v) is 6.63. The van der Waals surface area contributed by atoms with Crippen LogP contribution in [0.5, 0.6) is 0 Å². The van der Waals surface area contributed by atoms with Crippen molar-refractivity contribution in [3.05, 3.63) is 58.7 Å². The van der Waals surface area contributed by atoms with E-state index >= 15 is 0 Å². The van der Waals surface area contributed by atoms with Crippen LogP contribution >= 0.6 is 0 Å². The lowest BCUT2D eigenvalue weighted by Crippen LogP contribution is -2.00. The highest BCUT2D eigenvalue weighted by molar-refractivity contribution is 5.96. The third kappa shape index (κ3) is 1.85. The van der Waals surface area contributed by atoms with Gasteiger partial charge in [-0.2, -0.15) is 0 Å². The molecule has 3 aromatic rings. The Balaban J connectivity index is 2.03. The molecule has 0 spiro atoms. The summed E-state index contributed by atoms with van der Waals surface area (Å²) in [6.45, 7) is 7.84. The first-order valence-electron chi connectivity index (χ1n) is 8.41. The summed E-state index contributed by atoms with van der Waals surface area (Å²) in [6.07, 6.45) is 3.57. The zero-order chi connectivity index (χ0) is 15.3. The van der Waals surface area contributed by atoms with Crippen LogP contribution in [0.1, 0.15) is 42.0 Å². The molecule has 0 unspecified atom stereocenters. The van der Waals surface area contributed by atoms with Crippen molar-refractivity contribution < 1.29 is 0 Å². The number of unbranched alkanes of at least 4 members (excludes halogenated alkanes) is 1. The number of hydrogen-bond donors (Lipinski definition) is 0. The number of aryl methyl sites for hydroxylation is 3. The first-order valence-corrected chi connectivity index (χ1v) is 8.41. The van der Waals surface area contributed by atoms with E-state index in [0.29, 0.717) is 0 Å². The molecule has 0 saturated carbocycles. The Kier molecular flexibility index (Phi) is 3.11. The van der Waals surface area contributed by atoms with E-state index in [1.807, 2.05) is 0 Å². The molecular weight excluding hydrogens is 266 g/mol. The number of aromatic nitrogens is 1. The molecule has 0 amide bonds. The van der Waals surface area contributed by atoms with Crippen LogP contribution < -0.4 is 0 Å². The lowest BCUT2D eigenvalue weighted by Gasteiger charge is -2.11. The van der Waals surface area contributed by atoms with Gasteiger partial charge < -0.3 is 4.57 Å². The first-order chi connectivity index (χ1) is 10.7. The summed E-state index contributed by atoms with van der Waals surface area (Å²) in [5, 5.41) is 1.46. The molecule has 1 aliphatic carbocycles. The van der Waals surface area contributed by atoms with E-state index < -0.39 is 0 Å². The predicted octanol–water partition coefficient (Wildman–Crippen LogP) is 5.63. The van der Waals surface area contributed by atoms with Gasteiger partial charge in [-0.1, -0.05) is 43.2 Å². The Hall–Kier alpha value is -2.02. The maximum absolute atomic E-state index is 2.57. The van der Waals surface area contributed by atoms with E-state index in [1.165, 1.54) is 51.7 Å². The second-order valence-electron chi connectivity index (χ2n) is 6.63. The fourth-order valence-corrected chi connectivity index (χ4v) is 3.91. The van der Waals surface area contributed by atoms with Crippen LogP contribution in [0.2, 0.25) is 0 Å². The monoisotopic (exact) mass is 289 g/mol. The standard InChI is InChI=1S/C21H23N/c1-4-5-11-22-20-10-9-14(2)12-18(20)19-13-17-15(3)7-6-8-16(17)21(19)22/h6-10,12H,4-5,11,13H2,1-3H3. The number of fused-ring (bicyclic) bond motifs is 5. The van der Waals surface area contributed by atoms with Crippen LogP contribution in [-0.2, 0) is 13.0 Å². The Morgan fingerprint density at radius 2 is 1.91 bits per heavy atom. The molecule has 112 valence electrons. The maximum atomic E-state index is 2.57. The minimum atomic E-state index is 1.09. The molecule has 4 rings (SSSR count). The number of rotatable bonds is 3. The van der Waals surface area contributed by atoms with Gasteiger partial charge in [-0.15, -0.1) is 0 Å². The number of hydrogen-bond acceptors (Lipinski definition) is 0. The fraction of sp³-hybridized carbons (Fsp3) is 0.333. The van der Waals surface area contributed by atoms with Crippen LogP contribution in [0.3, 0.4) is 0 Å². The van der Waals surface area contributed by atoms with Crippen molar-refractivity contribution in [2.24, 2.45) is 0 Å². The van der Waals surface area contributed by atoms with E-state index in [0.717, 1.165) is 13.0 Å². The summed E-state index contributed by atoms with van der Waals surface area (Å²) in [7, 11) is 0. The highest BCUT2D eigenvalue weighted by atomic mass is 15.0. The van der Waals surface area contributed by atoms with Gasteiger partial charge in [0.1, 0.15) is 0 Å². The SMILES string of the molecule is CCCCn1c2c(c3cc(C)ccc31)Cc1c(C)cccc1-2. The van der Waals surface area contributed by atoms with E-state index in [-0.39, 0.29) is 0 Å². The van der Waals surface area contributed by atoms with Crippen molar-refractivity contribution in [3.63, 3.8) is 0 Å². The second kappa shape index (κ2) is 5.01. The lowest BCUT2D eigenvalue weighted by molar-refractivity contribution is 0.654. The average Bonchev–Trinajstić information content (AvgIpc) is 3.02. The summed E-state index contributed by atoms with van der Waals surface area (Å²) < 4.78 is 2.57. The normalized spacial score (nSPS) is 12.7. The van der Waals surface area contributed by atoms with Crippen molar-refractivity contribution >= 4 is 10.9 Å². The molecular formula is C21H23N. The summed E-state index contributed by atoms with van der Waals surface area (Å²) in [5.41, 5.74) is 10.2.